The quantitative estimate of drug-likeness (QED) is 0.759. The third kappa shape index (κ3) is 9.42. The zero-order valence-corrected chi connectivity index (χ0v) is 15.4. The summed E-state index contributed by atoms with van der Waals surface area (Å²) in [5.74, 6) is 0. The molecule has 2 heterocycles. The molecule has 6 heteroatoms. The Hall–Kier alpha value is -2.47. The third-order valence-corrected chi connectivity index (χ3v) is 3.45. The number of hydrogen-bond acceptors (Lipinski definition) is 4. The largest absolute Gasteiger partial charge is 0.338 e. The number of rotatable bonds is 7. The zero-order valence-electron chi connectivity index (χ0n) is 15.4. The standard InChI is InChI=1S/C12H19N3O.C7H10N2/c1-3-4-7-14-12(16)15(2)10-11-5-8-13-9-6-11;1-8-6-7-2-4-9-5-3-7/h5-6,8-9H,3-4,7,10H2,1-2H3,(H,14,16);2-5,8H,6H2,1H3. The molecular formula is C19H29N5O. The van der Waals surface area contributed by atoms with Crippen molar-refractivity contribution >= 4 is 6.03 Å². The lowest BCUT2D eigenvalue weighted by atomic mass is 10.2. The van der Waals surface area contributed by atoms with E-state index in [-0.39, 0.29) is 6.03 Å². The first-order valence-corrected chi connectivity index (χ1v) is 8.58. The molecule has 2 aromatic heterocycles. The minimum atomic E-state index is -0.0229. The Morgan fingerprint density at radius 1 is 1.04 bits per heavy atom. The maximum Gasteiger partial charge on any atom is 0.317 e. The first-order valence-electron chi connectivity index (χ1n) is 8.58. The number of hydrogen-bond donors (Lipinski definition) is 2. The molecule has 0 fully saturated rings. The van der Waals surface area contributed by atoms with E-state index < -0.39 is 0 Å². The van der Waals surface area contributed by atoms with Crippen molar-refractivity contribution in [3.8, 4) is 0 Å². The maximum absolute atomic E-state index is 11.6. The molecule has 0 spiro atoms. The predicted molar refractivity (Wildman–Crippen MR) is 101 cm³/mol. The summed E-state index contributed by atoms with van der Waals surface area (Å²) in [6, 6.07) is 7.80. The van der Waals surface area contributed by atoms with E-state index in [1.54, 1.807) is 36.7 Å². The van der Waals surface area contributed by atoms with E-state index in [2.05, 4.69) is 27.5 Å². The van der Waals surface area contributed by atoms with Crippen LogP contribution >= 0.6 is 0 Å². The fraction of sp³-hybridized carbons (Fsp3) is 0.421. The molecule has 0 aliphatic rings. The van der Waals surface area contributed by atoms with Crippen molar-refractivity contribution in [1.29, 1.82) is 0 Å². The highest BCUT2D eigenvalue weighted by atomic mass is 16.2. The molecule has 0 aliphatic carbocycles. The van der Waals surface area contributed by atoms with Crippen LogP contribution in [0.4, 0.5) is 4.79 Å². The molecule has 0 bridgehead atoms. The van der Waals surface area contributed by atoms with Crippen LogP contribution in [0.25, 0.3) is 0 Å². The van der Waals surface area contributed by atoms with Crippen LogP contribution in [-0.4, -0.2) is 41.5 Å². The van der Waals surface area contributed by atoms with E-state index in [9.17, 15) is 4.79 Å². The smallest absolute Gasteiger partial charge is 0.317 e. The van der Waals surface area contributed by atoms with Crippen LogP contribution in [0, 0.1) is 0 Å². The van der Waals surface area contributed by atoms with E-state index in [1.807, 2.05) is 31.3 Å². The van der Waals surface area contributed by atoms with E-state index >= 15 is 0 Å². The summed E-state index contributed by atoms with van der Waals surface area (Å²) < 4.78 is 0. The Kier molecular flexibility index (Phi) is 10.6. The van der Waals surface area contributed by atoms with Crippen LogP contribution in [0.3, 0.4) is 0 Å². The topological polar surface area (TPSA) is 70.2 Å². The van der Waals surface area contributed by atoms with E-state index in [1.165, 1.54) is 5.56 Å². The highest BCUT2D eigenvalue weighted by molar-refractivity contribution is 5.73. The summed E-state index contributed by atoms with van der Waals surface area (Å²) in [6.45, 7) is 4.38. The molecule has 0 saturated heterocycles. The van der Waals surface area contributed by atoms with Crippen molar-refractivity contribution in [3.05, 3.63) is 60.2 Å². The molecule has 0 unspecified atom stereocenters. The van der Waals surface area contributed by atoms with Crippen LogP contribution in [0.1, 0.15) is 30.9 Å². The average molecular weight is 343 g/mol. The Morgan fingerprint density at radius 3 is 2.12 bits per heavy atom. The van der Waals surface area contributed by atoms with Gasteiger partial charge in [0.25, 0.3) is 0 Å². The molecule has 2 rings (SSSR count). The van der Waals surface area contributed by atoms with E-state index in [0.717, 1.165) is 31.5 Å². The minimum absolute atomic E-state index is 0.0229. The van der Waals surface area contributed by atoms with Crippen molar-refractivity contribution in [1.82, 2.24) is 25.5 Å². The van der Waals surface area contributed by atoms with Gasteiger partial charge in [0.2, 0.25) is 0 Å². The number of unbranched alkanes of at least 4 members (excludes halogenated alkanes) is 1. The Morgan fingerprint density at radius 2 is 1.60 bits per heavy atom. The van der Waals surface area contributed by atoms with E-state index in [4.69, 9.17) is 0 Å². The van der Waals surface area contributed by atoms with Crippen LogP contribution in [0.15, 0.2) is 49.1 Å². The number of urea groups is 1. The minimum Gasteiger partial charge on any atom is -0.338 e. The summed E-state index contributed by atoms with van der Waals surface area (Å²) in [5, 5.41) is 5.93. The van der Waals surface area contributed by atoms with Crippen LogP contribution < -0.4 is 10.6 Å². The summed E-state index contributed by atoms with van der Waals surface area (Å²) in [7, 11) is 3.72. The van der Waals surface area contributed by atoms with Gasteiger partial charge in [-0.2, -0.15) is 0 Å². The van der Waals surface area contributed by atoms with Gasteiger partial charge in [-0.05, 0) is 48.9 Å². The van der Waals surface area contributed by atoms with Gasteiger partial charge in [0.15, 0.2) is 0 Å². The van der Waals surface area contributed by atoms with Crippen LogP contribution in [-0.2, 0) is 13.1 Å². The van der Waals surface area contributed by atoms with Gasteiger partial charge < -0.3 is 15.5 Å². The molecule has 2 N–H and O–H groups in total. The number of aromatic nitrogens is 2. The van der Waals surface area contributed by atoms with Crippen molar-refractivity contribution in [2.45, 2.75) is 32.9 Å². The number of carbonyl (C=O) groups excluding carboxylic acids is 1. The molecule has 2 amide bonds. The molecule has 0 aliphatic heterocycles. The number of nitrogens with zero attached hydrogens (tertiary/aromatic N) is 3. The summed E-state index contributed by atoms with van der Waals surface area (Å²) in [4.78, 5) is 21.1. The average Bonchev–Trinajstić information content (AvgIpc) is 2.64. The Balaban J connectivity index is 0.000000293. The van der Waals surface area contributed by atoms with Gasteiger partial charge in [-0.15, -0.1) is 0 Å². The molecule has 2 aromatic rings. The molecule has 25 heavy (non-hydrogen) atoms. The molecule has 0 radical (unpaired) electrons. The van der Waals surface area contributed by atoms with Gasteiger partial charge >= 0.3 is 6.03 Å². The number of carbonyl (C=O) groups is 1. The summed E-state index contributed by atoms with van der Waals surface area (Å²) in [5.41, 5.74) is 2.36. The summed E-state index contributed by atoms with van der Waals surface area (Å²) >= 11 is 0. The van der Waals surface area contributed by atoms with Gasteiger partial charge in [-0.1, -0.05) is 13.3 Å². The first kappa shape index (κ1) is 20.6. The van der Waals surface area contributed by atoms with Crippen molar-refractivity contribution in [2.24, 2.45) is 0 Å². The maximum atomic E-state index is 11.6. The SMILES string of the molecule is CCCCNC(=O)N(C)Cc1ccncc1.CNCc1ccncc1. The van der Waals surface area contributed by atoms with Crippen molar-refractivity contribution in [3.63, 3.8) is 0 Å². The van der Waals surface area contributed by atoms with E-state index in [0.29, 0.717) is 6.54 Å². The van der Waals surface area contributed by atoms with Crippen LogP contribution in [0.2, 0.25) is 0 Å². The predicted octanol–water partition coefficient (Wildman–Crippen LogP) is 2.82. The second-order valence-electron chi connectivity index (χ2n) is 5.68. The molecular weight excluding hydrogens is 314 g/mol. The van der Waals surface area contributed by atoms with Crippen molar-refractivity contribution in [2.75, 3.05) is 20.6 Å². The number of nitrogens with one attached hydrogen (secondary N) is 2. The molecule has 136 valence electrons. The summed E-state index contributed by atoms with van der Waals surface area (Å²) in [6.07, 6.45) is 9.18. The Labute approximate surface area is 150 Å². The fourth-order valence-electron chi connectivity index (χ4n) is 2.05. The fourth-order valence-corrected chi connectivity index (χ4v) is 2.05. The number of pyridine rings is 2. The van der Waals surface area contributed by atoms with Gasteiger partial charge in [0, 0.05) is 51.5 Å². The third-order valence-electron chi connectivity index (χ3n) is 3.45. The van der Waals surface area contributed by atoms with Crippen LogP contribution in [0.5, 0.6) is 0 Å². The second kappa shape index (κ2) is 12.9. The van der Waals surface area contributed by atoms with Gasteiger partial charge in [0.1, 0.15) is 0 Å². The highest BCUT2D eigenvalue weighted by Gasteiger charge is 2.07. The molecule has 6 nitrogen and oxygen atoms in total. The van der Waals surface area contributed by atoms with Gasteiger partial charge in [-0.3, -0.25) is 9.97 Å². The van der Waals surface area contributed by atoms with Gasteiger partial charge in [0.05, 0.1) is 0 Å². The lowest BCUT2D eigenvalue weighted by molar-refractivity contribution is 0.207. The second-order valence-corrected chi connectivity index (χ2v) is 5.68. The normalized spacial score (nSPS) is 9.72. The first-order chi connectivity index (χ1) is 12.2. The molecule has 0 aromatic carbocycles. The lowest BCUT2D eigenvalue weighted by Crippen LogP contribution is -2.37. The van der Waals surface area contributed by atoms with Crippen molar-refractivity contribution < 1.29 is 4.79 Å². The number of amides is 2. The zero-order chi connectivity index (χ0) is 18.3. The molecule has 0 atom stereocenters. The Bertz CT molecular complexity index is 577. The van der Waals surface area contributed by atoms with Gasteiger partial charge in [-0.25, -0.2) is 4.79 Å². The monoisotopic (exact) mass is 343 g/mol. The molecule has 0 saturated carbocycles. The highest BCUT2D eigenvalue weighted by Crippen LogP contribution is 2.01. The lowest BCUT2D eigenvalue weighted by Gasteiger charge is -2.17.